The van der Waals surface area contributed by atoms with E-state index in [0.717, 1.165) is 18.3 Å². The Morgan fingerprint density at radius 2 is 1.63 bits per heavy atom. The first-order chi connectivity index (χ1) is 13.9. The summed E-state index contributed by atoms with van der Waals surface area (Å²) in [7, 11) is 0. The SMILES string of the molecule is CC(C)(C)Nc1cc(Nc2ccnc(C(F)(F)F)c2)nc(-c2nc(N)ccc2F)n1. The lowest BCUT2D eigenvalue weighted by molar-refractivity contribution is -0.141. The molecule has 4 N–H and O–H groups in total. The van der Waals surface area contributed by atoms with E-state index in [9.17, 15) is 17.6 Å². The van der Waals surface area contributed by atoms with Crippen LogP contribution in [-0.2, 0) is 6.18 Å². The van der Waals surface area contributed by atoms with Crippen molar-refractivity contribution in [3.05, 3.63) is 48.0 Å². The molecule has 3 rings (SSSR count). The minimum atomic E-state index is -4.60. The lowest BCUT2D eigenvalue weighted by Gasteiger charge is -2.22. The first-order valence-electron chi connectivity index (χ1n) is 8.81. The van der Waals surface area contributed by atoms with E-state index in [2.05, 4.69) is 30.6 Å². The van der Waals surface area contributed by atoms with E-state index in [0.29, 0.717) is 5.82 Å². The van der Waals surface area contributed by atoms with Crippen LogP contribution in [0.5, 0.6) is 0 Å². The number of anilines is 4. The molecule has 0 fully saturated rings. The van der Waals surface area contributed by atoms with Gasteiger partial charge in [0, 0.05) is 23.5 Å². The van der Waals surface area contributed by atoms with Gasteiger partial charge in [-0.15, -0.1) is 0 Å². The van der Waals surface area contributed by atoms with Gasteiger partial charge >= 0.3 is 6.18 Å². The molecule has 0 aliphatic rings. The lowest BCUT2D eigenvalue weighted by atomic mass is 10.1. The predicted molar refractivity (Wildman–Crippen MR) is 106 cm³/mol. The van der Waals surface area contributed by atoms with Gasteiger partial charge in [0.05, 0.1) is 0 Å². The fourth-order valence-electron chi connectivity index (χ4n) is 2.49. The second-order valence-corrected chi connectivity index (χ2v) is 7.46. The van der Waals surface area contributed by atoms with E-state index in [1.165, 1.54) is 18.2 Å². The van der Waals surface area contributed by atoms with Crippen LogP contribution in [0.2, 0.25) is 0 Å². The summed E-state index contributed by atoms with van der Waals surface area (Å²) >= 11 is 0. The summed E-state index contributed by atoms with van der Waals surface area (Å²) in [6, 6.07) is 6.12. The molecular weight excluding hydrogens is 402 g/mol. The third kappa shape index (κ3) is 5.31. The number of aromatic nitrogens is 4. The van der Waals surface area contributed by atoms with E-state index in [-0.39, 0.29) is 28.8 Å². The van der Waals surface area contributed by atoms with Crippen LogP contribution < -0.4 is 16.4 Å². The van der Waals surface area contributed by atoms with Crippen LogP contribution in [0.3, 0.4) is 0 Å². The molecule has 0 aliphatic heterocycles. The second-order valence-electron chi connectivity index (χ2n) is 7.46. The van der Waals surface area contributed by atoms with Crippen LogP contribution in [-0.4, -0.2) is 25.5 Å². The van der Waals surface area contributed by atoms with Crippen molar-refractivity contribution >= 4 is 23.1 Å². The molecule has 7 nitrogen and oxygen atoms in total. The number of rotatable bonds is 4. The van der Waals surface area contributed by atoms with Crippen LogP contribution in [0, 0.1) is 5.82 Å². The molecule has 11 heteroatoms. The topological polar surface area (TPSA) is 102 Å². The smallest absolute Gasteiger partial charge is 0.384 e. The molecule has 30 heavy (non-hydrogen) atoms. The zero-order valence-electron chi connectivity index (χ0n) is 16.3. The standard InChI is InChI=1S/C19H19F4N7/c1-18(2,3)30-15-9-14(26-10-6-7-25-12(8-10)19(21,22)23)28-17(29-15)16-11(20)4-5-13(24)27-16/h4-9H,1-3H3,(H2,24,27)(H2,25,26,28,29,30). The Balaban J connectivity index is 2.06. The molecule has 0 saturated carbocycles. The Morgan fingerprint density at radius 3 is 2.30 bits per heavy atom. The van der Waals surface area contributed by atoms with Gasteiger partial charge in [0.25, 0.3) is 0 Å². The van der Waals surface area contributed by atoms with E-state index in [1.54, 1.807) is 0 Å². The van der Waals surface area contributed by atoms with Crippen molar-refractivity contribution < 1.29 is 17.6 Å². The minimum absolute atomic E-state index is 0.0719. The molecule has 0 amide bonds. The Hall–Kier alpha value is -3.50. The molecule has 0 aromatic carbocycles. The van der Waals surface area contributed by atoms with E-state index >= 15 is 0 Å². The molecule has 0 atom stereocenters. The number of nitrogens with two attached hydrogens (primary N) is 1. The number of hydrogen-bond acceptors (Lipinski definition) is 7. The zero-order chi connectivity index (χ0) is 22.1. The quantitative estimate of drug-likeness (QED) is 0.528. The van der Waals surface area contributed by atoms with Crippen LogP contribution >= 0.6 is 0 Å². The van der Waals surface area contributed by atoms with Crippen LogP contribution in [0.1, 0.15) is 26.5 Å². The van der Waals surface area contributed by atoms with Gasteiger partial charge in [-0.05, 0) is 45.0 Å². The van der Waals surface area contributed by atoms with Crippen molar-refractivity contribution in [3.8, 4) is 11.5 Å². The fraction of sp³-hybridized carbons (Fsp3) is 0.263. The summed E-state index contributed by atoms with van der Waals surface area (Å²) in [5.74, 6) is -0.242. The Kier molecular flexibility index (Phi) is 5.47. The number of nitrogens with zero attached hydrogens (tertiary/aromatic N) is 4. The number of pyridine rings is 2. The average molecular weight is 421 g/mol. The first kappa shape index (κ1) is 21.2. The molecule has 0 spiro atoms. The largest absolute Gasteiger partial charge is 0.433 e. The van der Waals surface area contributed by atoms with Gasteiger partial charge in [-0.1, -0.05) is 0 Å². The lowest BCUT2D eigenvalue weighted by Crippen LogP contribution is -2.27. The van der Waals surface area contributed by atoms with Crippen LogP contribution in [0.4, 0.5) is 40.7 Å². The highest BCUT2D eigenvalue weighted by Crippen LogP contribution is 2.30. The van der Waals surface area contributed by atoms with Crippen molar-refractivity contribution in [1.82, 2.24) is 19.9 Å². The minimum Gasteiger partial charge on any atom is -0.384 e. The van der Waals surface area contributed by atoms with E-state index in [4.69, 9.17) is 5.73 Å². The number of nitrogen functional groups attached to an aromatic ring is 1. The Morgan fingerprint density at radius 1 is 0.933 bits per heavy atom. The molecular formula is C19H19F4N7. The molecule has 0 bridgehead atoms. The van der Waals surface area contributed by atoms with Crippen molar-refractivity contribution in [1.29, 1.82) is 0 Å². The molecule has 0 unspecified atom stereocenters. The van der Waals surface area contributed by atoms with Crippen LogP contribution in [0.25, 0.3) is 11.5 Å². The predicted octanol–water partition coefficient (Wildman–Crippen LogP) is 4.63. The molecule has 158 valence electrons. The Labute approximate surface area is 169 Å². The Bertz CT molecular complexity index is 1060. The third-order valence-electron chi connectivity index (χ3n) is 3.63. The molecule has 0 saturated heterocycles. The molecule has 0 aliphatic carbocycles. The van der Waals surface area contributed by atoms with Gasteiger partial charge in [-0.3, -0.25) is 4.98 Å². The highest BCUT2D eigenvalue weighted by atomic mass is 19.4. The van der Waals surface area contributed by atoms with Crippen molar-refractivity contribution in [2.75, 3.05) is 16.4 Å². The molecule has 3 aromatic heterocycles. The van der Waals surface area contributed by atoms with Gasteiger partial charge in [0.2, 0.25) is 0 Å². The maximum atomic E-state index is 14.3. The van der Waals surface area contributed by atoms with Gasteiger partial charge < -0.3 is 16.4 Å². The van der Waals surface area contributed by atoms with Gasteiger partial charge in [-0.2, -0.15) is 13.2 Å². The molecule has 3 heterocycles. The van der Waals surface area contributed by atoms with Gasteiger partial charge in [0.1, 0.15) is 28.8 Å². The number of nitrogens with one attached hydrogen (secondary N) is 2. The summed E-state index contributed by atoms with van der Waals surface area (Å²) in [6.45, 7) is 5.67. The summed E-state index contributed by atoms with van der Waals surface area (Å²) in [5, 5.41) is 5.90. The van der Waals surface area contributed by atoms with E-state index in [1.807, 2.05) is 20.8 Å². The molecule has 3 aromatic rings. The third-order valence-corrected chi connectivity index (χ3v) is 3.63. The maximum Gasteiger partial charge on any atom is 0.433 e. The number of alkyl halides is 3. The zero-order valence-corrected chi connectivity index (χ0v) is 16.3. The highest BCUT2D eigenvalue weighted by molar-refractivity contribution is 5.64. The van der Waals surface area contributed by atoms with Crippen LogP contribution in [0.15, 0.2) is 36.5 Å². The maximum absolute atomic E-state index is 14.3. The van der Waals surface area contributed by atoms with Crippen molar-refractivity contribution in [2.45, 2.75) is 32.5 Å². The van der Waals surface area contributed by atoms with E-state index < -0.39 is 23.2 Å². The average Bonchev–Trinajstić information content (AvgIpc) is 2.61. The summed E-state index contributed by atoms with van der Waals surface area (Å²) in [5.41, 5.74) is 4.11. The summed E-state index contributed by atoms with van der Waals surface area (Å²) in [4.78, 5) is 15.7. The monoisotopic (exact) mass is 421 g/mol. The summed E-state index contributed by atoms with van der Waals surface area (Å²) < 4.78 is 53.1. The summed E-state index contributed by atoms with van der Waals surface area (Å²) in [6.07, 6.45) is -3.57. The van der Waals surface area contributed by atoms with Gasteiger partial charge in [-0.25, -0.2) is 19.3 Å². The molecule has 0 radical (unpaired) electrons. The number of halogens is 4. The van der Waals surface area contributed by atoms with Crippen molar-refractivity contribution in [3.63, 3.8) is 0 Å². The van der Waals surface area contributed by atoms with Gasteiger partial charge in [0.15, 0.2) is 11.6 Å². The first-order valence-corrected chi connectivity index (χ1v) is 8.81. The highest BCUT2D eigenvalue weighted by Gasteiger charge is 2.32. The normalized spacial score (nSPS) is 12.0. The fourth-order valence-corrected chi connectivity index (χ4v) is 2.49. The second kappa shape index (κ2) is 7.73. The van der Waals surface area contributed by atoms with Crippen molar-refractivity contribution in [2.24, 2.45) is 0 Å². The number of hydrogen-bond donors (Lipinski definition) is 3.